The van der Waals surface area contributed by atoms with E-state index in [4.69, 9.17) is 11.6 Å². The molecule has 26 heavy (non-hydrogen) atoms. The molecular weight excluding hydrogens is 373 g/mol. The number of hydrogen-bond donors (Lipinski definition) is 1. The monoisotopic (exact) mass is 387 g/mol. The Morgan fingerprint density at radius 2 is 1.96 bits per heavy atom. The van der Waals surface area contributed by atoms with E-state index >= 15 is 0 Å². The van der Waals surface area contributed by atoms with E-state index in [-0.39, 0.29) is 17.0 Å². The minimum absolute atomic E-state index is 0.103. The third-order valence-electron chi connectivity index (χ3n) is 4.27. The van der Waals surface area contributed by atoms with Crippen LogP contribution in [0.4, 0.5) is 10.2 Å². The molecule has 3 aromatic rings. The lowest BCUT2D eigenvalue weighted by Gasteiger charge is -2.16. The van der Waals surface area contributed by atoms with Crippen molar-refractivity contribution in [1.29, 1.82) is 0 Å². The third kappa shape index (κ3) is 2.99. The van der Waals surface area contributed by atoms with E-state index in [0.717, 1.165) is 16.8 Å². The lowest BCUT2D eigenvalue weighted by atomic mass is 10.0. The largest absolute Gasteiger partial charge is 0.310 e. The zero-order valence-corrected chi connectivity index (χ0v) is 15.4. The van der Waals surface area contributed by atoms with Crippen molar-refractivity contribution in [2.75, 3.05) is 11.1 Å². The molecule has 132 valence electrons. The van der Waals surface area contributed by atoms with Crippen LogP contribution in [0.5, 0.6) is 0 Å². The molecule has 1 aliphatic rings. The van der Waals surface area contributed by atoms with Gasteiger partial charge in [0.15, 0.2) is 0 Å². The molecule has 0 fully saturated rings. The van der Waals surface area contributed by atoms with Crippen molar-refractivity contribution in [2.24, 2.45) is 0 Å². The van der Waals surface area contributed by atoms with Crippen LogP contribution in [0.2, 0.25) is 5.02 Å². The van der Waals surface area contributed by atoms with Crippen LogP contribution in [-0.4, -0.2) is 21.4 Å². The normalized spacial score (nSPS) is 16.7. The summed E-state index contributed by atoms with van der Waals surface area (Å²) in [5.41, 5.74) is 3.33. The van der Waals surface area contributed by atoms with Crippen molar-refractivity contribution in [3.05, 3.63) is 76.2 Å². The average Bonchev–Trinajstić information content (AvgIpc) is 2.83. The minimum Gasteiger partial charge on any atom is -0.310 e. The van der Waals surface area contributed by atoms with Crippen LogP contribution in [-0.2, 0) is 4.79 Å². The Bertz CT molecular complexity index is 987. The van der Waals surface area contributed by atoms with Gasteiger partial charge in [0.25, 0.3) is 0 Å². The standard InChI is InChI=1S/C19H15ClFN3OS/c1-11-17-18(14-4-2-3-5-15(14)20)26-10-16(25)22-19(17)24(23-11)13-8-6-12(21)7-9-13/h2-9,18H,10H2,1H3,(H,22,25). The fourth-order valence-corrected chi connectivity index (χ4v) is 4.62. The minimum atomic E-state index is -0.322. The number of aromatic nitrogens is 2. The van der Waals surface area contributed by atoms with Gasteiger partial charge in [0.05, 0.1) is 22.4 Å². The molecular formula is C19H15ClFN3OS. The zero-order chi connectivity index (χ0) is 18.3. The van der Waals surface area contributed by atoms with Crippen molar-refractivity contribution in [2.45, 2.75) is 12.2 Å². The van der Waals surface area contributed by atoms with E-state index in [2.05, 4.69) is 10.4 Å². The Labute approximate surface area is 159 Å². The summed E-state index contributed by atoms with van der Waals surface area (Å²) in [6.07, 6.45) is 0. The molecule has 4 nitrogen and oxygen atoms in total. The summed E-state index contributed by atoms with van der Waals surface area (Å²) in [4.78, 5) is 12.3. The van der Waals surface area contributed by atoms with Crippen LogP contribution < -0.4 is 5.32 Å². The molecule has 0 aliphatic carbocycles. The Kier molecular flexibility index (Phi) is 4.46. The van der Waals surface area contributed by atoms with Gasteiger partial charge in [-0.05, 0) is 42.8 Å². The summed E-state index contributed by atoms with van der Waals surface area (Å²) in [6.45, 7) is 1.90. The summed E-state index contributed by atoms with van der Waals surface area (Å²) in [6, 6.07) is 13.6. The Hall–Kier alpha value is -2.31. The molecule has 1 aromatic heterocycles. The summed E-state index contributed by atoms with van der Waals surface area (Å²) in [5.74, 6) is 0.494. The number of rotatable bonds is 2. The number of nitrogens with zero attached hydrogens (tertiary/aromatic N) is 2. The number of halogens is 2. The van der Waals surface area contributed by atoms with Gasteiger partial charge in [-0.1, -0.05) is 29.8 Å². The molecule has 1 atom stereocenters. The summed E-state index contributed by atoms with van der Waals surface area (Å²) < 4.78 is 14.9. The molecule has 0 bridgehead atoms. The molecule has 1 N–H and O–H groups in total. The van der Waals surface area contributed by atoms with Gasteiger partial charge >= 0.3 is 0 Å². The van der Waals surface area contributed by atoms with E-state index < -0.39 is 0 Å². The highest BCUT2D eigenvalue weighted by Crippen LogP contribution is 2.45. The molecule has 0 spiro atoms. The van der Waals surface area contributed by atoms with Gasteiger partial charge in [-0.25, -0.2) is 9.07 Å². The third-order valence-corrected chi connectivity index (χ3v) is 5.86. The fraction of sp³-hybridized carbons (Fsp3) is 0.158. The highest BCUT2D eigenvalue weighted by Gasteiger charge is 2.31. The van der Waals surface area contributed by atoms with E-state index in [9.17, 15) is 9.18 Å². The van der Waals surface area contributed by atoms with E-state index in [1.54, 1.807) is 16.8 Å². The van der Waals surface area contributed by atoms with Crippen LogP contribution >= 0.6 is 23.4 Å². The second-order valence-corrected chi connectivity index (χ2v) is 7.50. The zero-order valence-electron chi connectivity index (χ0n) is 13.9. The van der Waals surface area contributed by atoms with Crippen molar-refractivity contribution in [1.82, 2.24) is 9.78 Å². The van der Waals surface area contributed by atoms with Gasteiger partial charge in [0, 0.05) is 10.6 Å². The maximum atomic E-state index is 13.3. The van der Waals surface area contributed by atoms with Gasteiger partial charge in [-0.15, -0.1) is 11.8 Å². The molecule has 7 heteroatoms. The van der Waals surface area contributed by atoms with Gasteiger partial charge < -0.3 is 5.32 Å². The molecule has 1 aliphatic heterocycles. The smallest absolute Gasteiger partial charge is 0.235 e. The van der Waals surface area contributed by atoms with Gasteiger partial charge in [0.1, 0.15) is 11.6 Å². The maximum absolute atomic E-state index is 13.3. The highest BCUT2D eigenvalue weighted by atomic mass is 35.5. The first-order chi connectivity index (χ1) is 12.5. The Morgan fingerprint density at radius 1 is 1.23 bits per heavy atom. The summed E-state index contributed by atoms with van der Waals surface area (Å²) >= 11 is 7.94. The lowest BCUT2D eigenvalue weighted by Crippen LogP contribution is -2.15. The van der Waals surface area contributed by atoms with Crippen molar-refractivity contribution in [3.8, 4) is 5.69 Å². The molecule has 0 saturated carbocycles. The number of benzene rings is 2. The van der Waals surface area contributed by atoms with E-state index in [1.807, 2.05) is 31.2 Å². The average molecular weight is 388 g/mol. The topological polar surface area (TPSA) is 46.9 Å². The first kappa shape index (κ1) is 17.1. The molecule has 4 rings (SSSR count). The van der Waals surface area contributed by atoms with Crippen LogP contribution in [0.1, 0.15) is 22.1 Å². The molecule has 2 heterocycles. The quantitative estimate of drug-likeness (QED) is 0.690. The van der Waals surface area contributed by atoms with Gasteiger partial charge in [-0.2, -0.15) is 5.10 Å². The lowest BCUT2D eigenvalue weighted by molar-refractivity contribution is -0.113. The van der Waals surface area contributed by atoms with Crippen LogP contribution in [0.3, 0.4) is 0 Å². The molecule has 1 unspecified atom stereocenters. The second kappa shape index (κ2) is 6.78. The number of anilines is 1. The summed E-state index contributed by atoms with van der Waals surface area (Å²) in [7, 11) is 0. The van der Waals surface area contributed by atoms with Gasteiger partial charge in [-0.3, -0.25) is 4.79 Å². The Balaban J connectivity index is 1.91. The number of thioether (sulfide) groups is 1. The predicted molar refractivity (Wildman–Crippen MR) is 103 cm³/mol. The van der Waals surface area contributed by atoms with Crippen molar-refractivity contribution in [3.63, 3.8) is 0 Å². The van der Waals surface area contributed by atoms with Crippen LogP contribution in [0, 0.1) is 12.7 Å². The number of aryl methyl sites for hydroxylation is 1. The maximum Gasteiger partial charge on any atom is 0.235 e. The molecule has 0 saturated heterocycles. The number of amides is 1. The van der Waals surface area contributed by atoms with Crippen LogP contribution in [0.25, 0.3) is 5.69 Å². The molecule has 2 aromatic carbocycles. The molecule has 1 amide bonds. The number of nitrogens with one attached hydrogen (secondary N) is 1. The Morgan fingerprint density at radius 3 is 2.69 bits per heavy atom. The fourth-order valence-electron chi connectivity index (χ4n) is 3.09. The first-order valence-electron chi connectivity index (χ1n) is 8.06. The van der Waals surface area contributed by atoms with E-state index in [1.165, 1.54) is 23.9 Å². The predicted octanol–water partition coefficient (Wildman–Crippen LogP) is 4.75. The summed E-state index contributed by atoms with van der Waals surface area (Å²) in [5, 5.41) is 8.08. The highest BCUT2D eigenvalue weighted by molar-refractivity contribution is 8.00. The number of carbonyl (C=O) groups excluding carboxylic acids is 1. The van der Waals surface area contributed by atoms with E-state index in [0.29, 0.717) is 22.3 Å². The first-order valence-corrected chi connectivity index (χ1v) is 9.48. The number of carbonyl (C=O) groups is 1. The van der Waals surface area contributed by atoms with Crippen molar-refractivity contribution < 1.29 is 9.18 Å². The number of hydrogen-bond acceptors (Lipinski definition) is 3. The second-order valence-electron chi connectivity index (χ2n) is 6.00. The SMILES string of the molecule is Cc1nn(-c2ccc(F)cc2)c2c1C(c1ccccc1Cl)SCC(=O)N2. The van der Waals surface area contributed by atoms with Crippen molar-refractivity contribution >= 4 is 35.1 Å². The molecule has 0 radical (unpaired) electrons. The van der Waals surface area contributed by atoms with Crippen LogP contribution in [0.15, 0.2) is 48.5 Å². The number of fused-ring (bicyclic) bond motifs is 1. The van der Waals surface area contributed by atoms with Gasteiger partial charge in [0.2, 0.25) is 5.91 Å².